The second-order valence-electron chi connectivity index (χ2n) is 3.64. The lowest BCUT2D eigenvalue weighted by atomic mass is 10.4. The van der Waals surface area contributed by atoms with Crippen molar-refractivity contribution >= 4 is 17.0 Å². The molecule has 0 fully saturated rings. The lowest BCUT2D eigenvalue weighted by Crippen LogP contribution is -2.18. The van der Waals surface area contributed by atoms with E-state index < -0.39 is 12.8 Å². The molecule has 0 aliphatic heterocycles. The molecule has 0 aromatic carbocycles. The molecule has 0 amide bonds. The number of halogens is 3. The summed E-state index contributed by atoms with van der Waals surface area (Å²) in [5.41, 5.74) is 6.21. The number of ether oxygens (including phenoxy) is 1. The van der Waals surface area contributed by atoms with E-state index in [2.05, 4.69) is 14.9 Å². The molecular weight excluding hydrogens is 283 g/mol. The molecule has 5 nitrogen and oxygen atoms in total. The third-order valence-electron chi connectivity index (χ3n) is 2.09. The lowest BCUT2D eigenvalue weighted by molar-refractivity contribution is -0.173. The molecule has 2 aromatic heterocycles. The van der Waals surface area contributed by atoms with Gasteiger partial charge in [0.15, 0.2) is 5.82 Å². The normalized spacial score (nSPS) is 11.9. The maximum absolute atomic E-state index is 11.8. The first kappa shape index (κ1) is 13.8. The molecule has 0 spiro atoms. The van der Waals surface area contributed by atoms with Crippen LogP contribution in [0.2, 0.25) is 0 Å². The van der Waals surface area contributed by atoms with Gasteiger partial charge in [-0.15, -0.1) is 11.3 Å². The zero-order valence-corrected chi connectivity index (χ0v) is 10.4. The van der Waals surface area contributed by atoms with Crippen LogP contribution >= 0.6 is 11.3 Å². The van der Waals surface area contributed by atoms with Crippen molar-refractivity contribution in [3.05, 3.63) is 17.3 Å². The number of hydrogen-bond donors (Lipinski definition) is 1. The van der Waals surface area contributed by atoms with Crippen molar-refractivity contribution in [3.63, 3.8) is 0 Å². The van der Waals surface area contributed by atoms with E-state index in [1.54, 1.807) is 11.4 Å². The summed E-state index contributed by atoms with van der Waals surface area (Å²) in [6.45, 7) is -1.41. The second-order valence-corrected chi connectivity index (χ2v) is 4.55. The van der Waals surface area contributed by atoms with E-state index in [9.17, 15) is 13.2 Å². The molecule has 19 heavy (non-hydrogen) atoms. The standard InChI is InChI=1S/C10H10F3N3O2S/c11-10(12,13)5-17-3-1-7-15-9(18-16-7)8-6(14)2-4-19-8/h2,4H,1,3,5,14H2. The number of anilines is 1. The highest BCUT2D eigenvalue weighted by molar-refractivity contribution is 7.14. The molecule has 0 aliphatic rings. The number of thiophene rings is 1. The SMILES string of the molecule is Nc1ccsc1-c1nc(CCOCC(F)(F)F)no1. The van der Waals surface area contributed by atoms with E-state index in [4.69, 9.17) is 10.3 Å². The molecule has 0 radical (unpaired) electrons. The summed E-state index contributed by atoms with van der Waals surface area (Å²) in [6.07, 6.45) is -4.18. The maximum Gasteiger partial charge on any atom is 0.411 e. The molecule has 0 bridgehead atoms. The van der Waals surface area contributed by atoms with Crippen LogP contribution in [-0.2, 0) is 11.2 Å². The summed E-state index contributed by atoms with van der Waals surface area (Å²) >= 11 is 1.35. The van der Waals surface area contributed by atoms with Gasteiger partial charge in [0.1, 0.15) is 11.5 Å². The Labute approximate surface area is 110 Å². The lowest BCUT2D eigenvalue weighted by Gasteiger charge is -2.05. The quantitative estimate of drug-likeness (QED) is 0.857. The van der Waals surface area contributed by atoms with Gasteiger partial charge in [-0.05, 0) is 11.4 Å². The summed E-state index contributed by atoms with van der Waals surface area (Å²) in [4.78, 5) is 4.69. The molecule has 0 atom stereocenters. The molecule has 2 N–H and O–H groups in total. The summed E-state index contributed by atoms with van der Waals surface area (Å²) in [6, 6.07) is 1.70. The number of hydrogen-bond acceptors (Lipinski definition) is 6. The van der Waals surface area contributed by atoms with Crippen LogP contribution in [0.5, 0.6) is 0 Å². The molecule has 0 saturated heterocycles. The molecule has 9 heteroatoms. The first-order valence-electron chi connectivity index (χ1n) is 5.26. The summed E-state index contributed by atoms with van der Waals surface area (Å²) < 4.78 is 44.9. The molecular formula is C10H10F3N3O2S. The minimum absolute atomic E-state index is 0.127. The van der Waals surface area contributed by atoms with Crippen LogP contribution in [-0.4, -0.2) is 29.5 Å². The number of nitrogens with zero attached hydrogens (tertiary/aromatic N) is 2. The van der Waals surface area contributed by atoms with Gasteiger partial charge in [-0.2, -0.15) is 18.2 Å². The van der Waals surface area contributed by atoms with Gasteiger partial charge in [0.2, 0.25) is 0 Å². The van der Waals surface area contributed by atoms with Crippen molar-refractivity contribution in [2.45, 2.75) is 12.6 Å². The molecule has 2 aromatic rings. The van der Waals surface area contributed by atoms with Crippen molar-refractivity contribution in [3.8, 4) is 10.8 Å². The van der Waals surface area contributed by atoms with Crippen LogP contribution in [0.15, 0.2) is 16.0 Å². The Kier molecular flexibility index (Phi) is 4.05. The van der Waals surface area contributed by atoms with E-state index in [0.717, 1.165) is 0 Å². The molecule has 0 saturated carbocycles. The fourth-order valence-corrected chi connectivity index (χ4v) is 2.03. The topological polar surface area (TPSA) is 74.2 Å². The van der Waals surface area contributed by atoms with Gasteiger partial charge in [0.05, 0.1) is 12.3 Å². The summed E-state index contributed by atoms with van der Waals surface area (Å²) in [7, 11) is 0. The number of rotatable bonds is 5. The average Bonchev–Trinajstić information content (AvgIpc) is 2.91. The summed E-state index contributed by atoms with van der Waals surface area (Å²) in [5, 5.41) is 5.43. The highest BCUT2D eigenvalue weighted by Crippen LogP contribution is 2.29. The monoisotopic (exact) mass is 293 g/mol. The Hall–Kier alpha value is -1.61. The van der Waals surface area contributed by atoms with Gasteiger partial charge in [0, 0.05) is 6.42 Å². The highest BCUT2D eigenvalue weighted by atomic mass is 32.1. The van der Waals surface area contributed by atoms with Crippen LogP contribution in [0.3, 0.4) is 0 Å². The Morgan fingerprint density at radius 2 is 2.21 bits per heavy atom. The van der Waals surface area contributed by atoms with Gasteiger partial charge in [-0.25, -0.2) is 0 Å². The Bertz CT molecular complexity index is 538. The Morgan fingerprint density at radius 1 is 1.42 bits per heavy atom. The van der Waals surface area contributed by atoms with Crippen LogP contribution < -0.4 is 5.73 Å². The predicted molar refractivity (Wildman–Crippen MR) is 62.6 cm³/mol. The molecule has 0 aliphatic carbocycles. The Balaban J connectivity index is 1.87. The smallest absolute Gasteiger partial charge is 0.397 e. The maximum atomic E-state index is 11.8. The highest BCUT2D eigenvalue weighted by Gasteiger charge is 2.27. The number of nitrogen functional groups attached to an aromatic ring is 1. The zero-order valence-electron chi connectivity index (χ0n) is 9.61. The van der Waals surface area contributed by atoms with Crippen LogP contribution in [0.25, 0.3) is 10.8 Å². The van der Waals surface area contributed by atoms with E-state index in [-0.39, 0.29) is 24.7 Å². The minimum atomic E-state index is -4.33. The van der Waals surface area contributed by atoms with Crippen molar-refractivity contribution in [1.29, 1.82) is 0 Å². The first-order valence-corrected chi connectivity index (χ1v) is 6.14. The van der Waals surface area contributed by atoms with Gasteiger partial charge < -0.3 is 15.0 Å². The van der Waals surface area contributed by atoms with Crippen molar-refractivity contribution < 1.29 is 22.4 Å². The molecule has 2 heterocycles. The zero-order chi connectivity index (χ0) is 13.9. The van der Waals surface area contributed by atoms with Crippen LogP contribution in [0.4, 0.5) is 18.9 Å². The fraction of sp³-hybridized carbons (Fsp3) is 0.400. The van der Waals surface area contributed by atoms with Crippen molar-refractivity contribution in [2.75, 3.05) is 18.9 Å². The average molecular weight is 293 g/mol. The van der Waals surface area contributed by atoms with Crippen LogP contribution in [0, 0.1) is 0 Å². The molecule has 0 unspecified atom stereocenters. The van der Waals surface area contributed by atoms with Crippen molar-refractivity contribution in [1.82, 2.24) is 10.1 Å². The van der Waals surface area contributed by atoms with Crippen molar-refractivity contribution in [2.24, 2.45) is 0 Å². The van der Waals surface area contributed by atoms with E-state index in [1.165, 1.54) is 11.3 Å². The number of alkyl halides is 3. The number of aromatic nitrogens is 2. The van der Waals surface area contributed by atoms with E-state index >= 15 is 0 Å². The largest absolute Gasteiger partial charge is 0.411 e. The van der Waals surface area contributed by atoms with Crippen LogP contribution in [0.1, 0.15) is 5.82 Å². The van der Waals surface area contributed by atoms with Gasteiger partial charge in [0.25, 0.3) is 5.89 Å². The molecule has 2 rings (SSSR count). The minimum Gasteiger partial charge on any atom is -0.397 e. The fourth-order valence-electron chi connectivity index (χ4n) is 1.29. The second kappa shape index (κ2) is 5.57. The van der Waals surface area contributed by atoms with Gasteiger partial charge >= 0.3 is 6.18 Å². The van der Waals surface area contributed by atoms with Gasteiger partial charge in [-0.1, -0.05) is 5.16 Å². The van der Waals surface area contributed by atoms with Gasteiger partial charge in [-0.3, -0.25) is 0 Å². The third kappa shape index (κ3) is 3.93. The first-order chi connectivity index (χ1) is 8.96. The van der Waals surface area contributed by atoms with E-state index in [1.807, 2.05) is 0 Å². The Morgan fingerprint density at radius 3 is 2.84 bits per heavy atom. The third-order valence-corrected chi connectivity index (χ3v) is 3.01. The summed E-state index contributed by atoms with van der Waals surface area (Å²) in [5.74, 6) is 0.545. The van der Waals surface area contributed by atoms with E-state index in [0.29, 0.717) is 10.6 Å². The predicted octanol–water partition coefficient (Wildman–Crippen LogP) is 2.50. The number of nitrogens with two attached hydrogens (primary N) is 1. The molecule has 104 valence electrons.